The van der Waals surface area contributed by atoms with E-state index in [9.17, 15) is 4.79 Å². The van der Waals surface area contributed by atoms with Crippen LogP contribution in [0, 0.1) is 13.8 Å². The van der Waals surface area contributed by atoms with Gasteiger partial charge >= 0.3 is 0 Å². The van der Waals surface area contributed by atoms with Crippen molar-refractivity contribution in [3.63, 3.8) is 0 Å². The predicted octanol–water partition coefficient (Wildman–Crippen LogP) is 3.53. The summed E-state index contributed by atoms with van der Waals surface area (Å²) in [5.74, 6) is 0. The Morgan fingerprint density at radius 2 is 1.52 bits per heavy atom. The Morgan fingerprint density at radius 1 is 0.870 bits per heavy atom. The number of carbonyl (C=O) groups is 1. The molecule has 0 amide bonds. The van der Waals surface area contributed by atoms with Crippen LogP contribution in [0.2, 0.25) is 0 Å². The number of piperazine rings is 1. The molecular weight excluding hydrogens is 284 g/mol. The minimum Gasteiger partial charge on any atom is -0.368 e. The van der Waals surface area contributed by atoms with Crippen LogP contribution in [0.3, 0.4) is 0 Å². The monoisotopic (exact) mass is 308 g/mol. The maximum absolute atomic E-state index is 11.6. The van der Waals surface area contributed by atoms with E-state index in [-0.39, 0.29) is 0 Å². The first-order chi connectivity index (χ1) is 11.1. The molecule has 3 heteroatoms. The summed E-state index contributed by atoms with van der Waals surface area (Å²) in [7, 11) is 2.14. The van der Waals surface area contributed by atoms with Gasteiger partial charge in [0.2, 0.25) is 0 Å². The van der Waals surface area contributed by atoms with Crippen LogP contribution in [0.4, 0.5) is 5.69 Å². The van der Waals surface area contributed by atoms with E-state index in [1.807, 2.05) is 6.07 Å². The summed E-state index contributed by atoms with van der Waals surface area (Å²) in [6.07, 6.45) is 0.986. The van der Waals surface area contributed by atoms with Crippen LogP contribution in [0.15, 0.2) is 36.4 Å². The van der Waals surface area contributed by atoms with Gasteiger partial charge in [-0.05, 0) is 44.2 Å². The zero-order valence-corrected chi connectivity index (χ0v) is 14.2. The summed E-state index contributed by atoms with van der Waals surface area (Å²) in [6.45, 7) is 8.24. The van der Waals surface area contributed by atoms with Crippen LogP contribution < -0.4 is 4.90 Å². The fourth-order valence-electron chi connectivity index (χ4n) is 3.31. The normalized spacial score (nSPS) is 15.7. The average molecular weight is 308 g/mol. The van der Waals surface area contributed by atoms with Crippen LogP contribution in [0.25, 0.3) is 11.1 Å². The van der Waals surface area contributed by atoms with E-state index in [4.69, 9.17) is 0 Å². The lowest BCUT2D eigenvalue weighted by molar-refractivity contribution is 0.112. The van der Waals surface area contributed by atoms with E-state index in [1.165, 1.54) is 16.7 Å². The molecule has 3 nitrogen and oxygen atoms in total. The Morgan fingerprint density at radius 3 is 2.13 bits per heavy atom. The lowest BCUT2D eigenvalue weighted by Crippen LogP contribution is -2.44. The third-order valence-electron chi connectivity index (χ3n) is 4.55. The molecule has 120 valence electrons. The maximum Gasteiger partial charge on any atom is 0.152 e. The van der Waals surface area contributed by atoms with Crippen molar-refractivity contribution in [2.75, 3.05) is 38.1 Å². The first-order valence-electron chi connectivity index (χ1n) is 8.18. The van der Waals surface area contributed by atoms with Gasteiger partial charge in [-0.25, -0.2) is 0 Å². The predicted molar refractivity (Wildman–Crippen MR) is 96.4 cm³/mol. The molecule has 1 aliphatic rings. The van der Waals surface area contributed by atoms with Gasteiger partial charge in [0.1, 0.15) is 0 Å². The highest BCUT2D eigenvalue weighted by Crippen LogP contribution is 2.28. The summed E-state index contributed by atoms with van der Waals surface area (Å²) in [4.78, 5) is 16.2. The number of anilines is 1. The maximum atomic E-state index is 11.6. The molecular formula is C20H24N2O. The summed E-state index contributed by atoms with van der Waals surface area (Å²) in [6, 6.07) is 12.8. The van der Waals surface area contributed by atoms with Gasteiger partial charge in [-0.3, -0.25) is 4.79 Å². The molecule has 1 fully saturated rings. The van der Waals surface area contributed by atoms with Crippen LogP contribution in [0.5, 0.6) is 0 Å². The number of nitrogens with zero attached hydrogens (tertiary/aromatic N) is 2. The minimum atomic E-state index is 0.784. The topological polar surface area (TPSA) is 23.6 Å². The zero-order chi connectivity index (χ0) is 16.4. The molecule has 0 spiro atoms. The molecule has 0 aromatic heterocycles. The smallest absolute Gasteiger partial charge is 0.152 e. The summed E-state index contributed by atoms with van der Waals surface area (Å²) in [5, 5.41) is 0. The van der Waals surface area contributed by atoms with Crippen molar-refractivity contribution in [3.05, 3.63) is 53.1 Å². The van der Waals surface area contributed by atoms with E-state index >= 15 is 0 Å². The number of aryl methyl sites for hydroxylation is 2. The van der Waals surface area contributed by atoms with Gasteiger partial charge in [0.15, 0.2) is 6.29 Å². The van der Waals surface area contributed by atoms with Crippen molar-refractivity contribution in [1.82, 2.24) is 4.90 Å². The van der Waals surface area contributed by atoms with Gasteiger partial charge in [-0.15, -0.1) is 0 Å². The zero-order valence-electron chi connectivity index (χ0n) is 14.2. The lowest BCUT2D eigenvalue weighted by Gasteiger charge is -2.34. The van der Waals surface area contributed by atoms with E-state index in [0.29, 0.717) is 0 Å². The number of likely N-dealkylation sites (N-methyl/N-ethyl adjacent to an activating group) is 1. The molecule has 0 unspecified atom stereocenters. The quantitative estimate of drug-likeness (QED) is 0.810. The third-order valence-corrected chi connectivity index (χ3v) is 4.55. The largest absolute Gasteiger partial charge is 0.368 e. The second kappa shape index (κ2) is 6.55. The van der Waals surface area contributed by atoms with Crippen molar-refractivity contribution in [2.24, 2.45) is 0 Å². The highest BCUT2D eigenvalue weighted by atomic mass is 16.1. The molecule has 1 aliphatic heterocycles. The summed E-state index contributed by atoms with van der Waals surface area (Å²) < 4.78 is 0. The Balaban J connectivity index is 1.95. The van der Waals surface area contributed by atoms with Crippen molar-refractivity contribution in [3.8, 4) is 11.1 Å². The highest BCUT2D eigenvalue weighted by Gasteiger charge is 2.17. The molecule has 0 N–H and O–H groups in total. The van der Waals surface area contributed by atoms with Crippen LogP contribution in [-0.2, 0) is 0 Å². The number of carbonyl (C=O) groups excluding carboxylic acids is 1. The number of hydrogen-bond acceptors (Lipinski definition) is 3. The lowest BCUT2D eigenvalue weighted by atomic mass is 9.98. The summed E-state index contributed by atoms with van der Waals surface area (Å²) >= 11 is 0. The Hall–Kier alpha value is -2.13. The Kier molecular flexibility index (Phi) is 4.49. The van der Waals surface area contributed by atoms with E-state index in [1.54, 1.807) is 0 Å². The van der Waals surface area contributed by atoms with Gasteiger partial charge in [0, 0.05) is 37.4 Å². The minimum absolute atomic E-state index is 0.784. The average Bonchev–Trinajstić information content (AvgIpc) is 2.54. The van der Waals surface area contributed by atoms with Gasteiger partial charge in [0.25, 0.3) is 0 Å². The molecule has 0 atom stereocenters. The van der Waals surface area contributed by atoms with Gasteiger partial charge in [0.05, 0.1) is 0 Å². The molecule has 2 aromatic carbocycles. The van der Waals surface area contributed by atoms with Crippen LogP contribution in [0.1, 0.15) is 21.5 Å². The van der Waals surface area contributed by atoms with Crippen molar-refractivity contribution < 1.29 is 4.79 Å². The number of rotatable bonds is 3. The second-order valence-corrected chi connectivity index (χ2v) is 6.56. The second-order valence-electron chi connectivity index (χ2n) is 6.56. The Bertz CT molecular complexity index is 695. The van der Waals surface area contributed by atoms with Crippen molar-refractivity contribution in [1.29, 1.82) is 0 Å². The SMILES string of the molecule is Cc1cc(C)cc(-c2ccc(N3CCN(C)CC3)c(C=O)c2)c1. The number of hydrogen-bond donors (Lipinski definition) is 0. The first-order valence-corrected chi connectivity index (χ1v) is 8.18. The molecule has 2 aromatic rings. The molecule has 0 radical (unpaired) electrons. The fraction of sp³-hybridized carbons (Fsp3) is 0.350. The summed E-state index contributed by atoms with van der Waals surface area (Å²) in [5.41, 5.74) is 6.62. The van der Waals surface area contributed by atoms with Crippen molar-refractivity contribution in [2.45, 2.75) is 13.8 Å². The number of aldehydes is 1. The third kappa shape index (κ3) is 3.45. The molecule has 1 heterocycles. The Labute approximate surface area is 138 Å². The van der Waals surface area contributed by atoms with Crippen LogP contribution >= 0.6 is 0 Å². The molecule has 0 aliphatic carbocycles. The fourth-order valence-corrected chi connectivity index (χ4v) is 3.31. The van der Waals surface area contributed by atoms with Gasteiger partial charge < -0.3 is 9.80 Å². The standard InChI is InChI=1S/C20H24N2O/c1-15-10-16(2)12-18(11-15)17-4-5-20(19(13-17)14-23)22-8-6-21(3)7-9-22/h4-5,10-14H,6-9H2,1-3H3. The first kappa shape index (κ1) is 15.8. The molecule has 23 heavy (non-hydrogen) atoms. The van der Waals surface area contributed by atoms with Gasteiger partial charge in [-0.2, -0.15) is 0 Å². The molecule has 3 rings (SSSR count). The highest BCUT2D eigenvalue weighted by molar-refractivity contribution is 5.88. The molecule has 1 saturated heterocycles. The molecule has 0 saturated carbocycles. The molecule has 0 bridgehead atoms. The van der Waals surface area contributed by atoms with Gasteiger partial charge in [-0.1, -0.05) is 35.4 Å². The van der Waals surface area contributed by atoms with E-state index < -0.39 is 0 Å². The van der Waals surface area contributed by atoms with E-state index in [2.05, 4.69) is 61.0 Å². The number of benzene rings is 2. The van der Waals surface area contributed by atoms with E-state index in [0.717, 1.165) is 49.3 Å². The van der Waals surface area contributed by atoms with Crippen molar-refractivity contribution >= 4 is 12.0 Å². The van der Waals surface area contributed by atoms with Crippen LogP contribution in [-0.4, -0.2) is 44.4 Å².